The Morgan fingerprint density at radius 1 is 1.33 bits per heavy atom. The smallest absolute Gasteiger partial charge is 0.0992 e. The molecule has 1 aromatic carbocycles. The normalized spacial score (nSPS) is 22.8. The first-order valence-corrected chi connectivity index (χ1v) is 6.64. The van der Waals surface area contributed by atoms with Crippen LogP contribution in [0.4, 0.5) is 11.4 Å². The third kappa shape index (κ3) is 2.02. The summed E-state index contributed by atoms with van der Waals surface area (Å²) in [5.41, 5.74) is 3.09. The van der Waals surface area contributed by atoms with Crippen LogP contribution in [0.3, 0.4) is 0 Å². The average molecular weight is 242 g/mol. The lowest BCUT2D eigenvalue weighted by Gasteiger charge is -2.40. The monoisotopic (exact) mass is 242 g/mol. The van der Waals surface area contributed by atoms with Crippen molar-refractivity contribution in [1.29, 1.82) is 5.26 Å². The number of anilines is 2. The van der Waals surface area contributed by atoms with Gasteiger partial charge in [-0.1, -0.05) is 0 Å². The van der Waals surface area contributed by atoms with Crippen LogP contribution in [0.1, 0.15) is 18.4 Å². The van der Waals surface area contributed by atoms with Gasteiger partial charge in [0.1, 0.15) is 0 Å². The first-order valence-electron chi connectivity index (χ1n) is 6.64. The molecule has 1 atom stereocenters. The Morgan fingerprint density at radius 2 is 2.28 bits per heavy atom. The molecule has 2 aliphatic rings. The van der Waals surface area contributed by atoms with Gasteiger partial charge in [-0.2, -0.15) is 5.26 Å². The van der Waals surface area contributed by atoms with Crippen molar-refractivity contribution in [3.63, 3.8) is 0 Å². The molecule has 0 spiro atoms. The first kappa shape index (κ1) is 11.4. The highest BCUT2D eigenvalue weighted by Crippen LogP contribution is 2.32. The number of hydrogen-bond acceptors (Lipinski definition) is 4. The summed E-state index contributed by atoms with van der Waals surface area (Å²) in [5.74, 6) is 0. The highest BCUT2D eigenvalue weighted by Gasteiger charge is 2.25. The Labute approximate surface area is 108 Å². The predicted octanol–water partition coefficient (Wildman–Crippen LogP) is 1.54. The van der Waals surface area contributed by atoms with Crippen LogP contribution in [0.2, 0.25) is 0 Å². The summed E-state index contributed by atoms with van der Waals surface area (Å²) in [5, 5.41) is 15.9. The molecule has 0 radical (unpaired) electrons. The van der Waals surface area contributed by atoms with E-state index in [9.17, 15) is 0 Å². The number of fused-ring (bicyclic) bond motifs is 1. The van der Waals surface area contributed by atoms with E-state index in [2.05, 4.69) is 21.6 Å². The Morgan fingerprint density at radius 3 is 3.06 bits per heavy atom. The van der Waals surface area contributed by atoms with Gasteiger partial charge in [-0.15, -0.1) is 0 Å². The molecule has 2 aliphatic heterocycles. The summed E-state index contributed by atoms with van der Waals surface area (Å²) in [6.45, 7) is 4.19. The van der Waals surface area contributed by atoms with Crippen LogP contribution in [-0.2, 0) is 0 Å². The average Bonchev–Trinajstić information content (AvgIpc) is 2.47. The van der Waals surface area contributed by atoms with E-state index >= 15 is 0 Å². The predicted molar refractivity (Wildman–Crippen MR) is 72.9 cm³/mol. The molecule has 3 rings (SSSR count). The molecule has 0 bridgehead atoms. The van der Waals surface area contributed by atoms with E-state index in [0.29, 0.717) is 6.04 Å². The van der Waals surface area contributed by atoms with E-state index in [4.69, 9.17) is 5.26 Å². The molecule has 2 heterocycles. The van der Waals surface area contributed by atoms with Crippen LogP contribution in [-0.4, -0.2) is 32.2 Å². The SMILES string of the molecule is N#Cc1ccc2c(c1)N(C1CCCNC1)CCN2. The maximum absolute atomic E-state index is 9.03. The molecule has 4 nitrogen and oxygen atoms in total. The molecule has 2 N–H and O–H groups in total. The van der Waals surface area contributed by atoms with E-state index < -0.39 is 0 Å². The lowest BCUT2D eigenvalue weighted by atomic mass is 10.0. The van der Waals surface area contributed by atoms with Crippen LogP contribution < -0.4 is 15.5 Å². The fourth-order valence-electron chi connectivity index (χ4n) is 2.90. The molecule has 1 fully saturated rings. The Bertz CT molecular complexity index is 471. The quantitative estimate of drug-likeness (QED) is 0.784. The second-order valence-corrected chi connectivity index (χ2v) is 4.96. The van der Waals surface area contributed by atoms with Crippen molar-refractivity contribution in [1.82, 2.24) is 5.32 Å². The van der Waals surface area contributed by atoms with Gasteiger partial charge < -0.3 is 15.5 Å². The Hall–Kier alpha value is -1.73. The second kappa shape index (κ2) is 4.87. The number of piperidine rings is 1. The number of benzene rings is 1. The molecule has 0 amide bonds. The highest BCUT2D eigenvalue weighted by atomic mass is 15.2. The van der Waals surface area contributed by atoms with Crippen LogP contribution in [0.5, 0.6) is 0 Å². The lowest BCUT2D eigenvalue weighted by Crippen LogP contribution is -2.49. The zero-order valence-electron chi connectivity index (χ0n) is 10.4. The van der Waals surface area contributed by atoms with Crippen molar-refractivity contribution >= 4 is 11.4 Å². The molecule has 1 unspecified atom stereocenters. The van der Waals surface area contributed by atoms with Crippen molar-refractivity contribution in [2.45, 2.75) is 18.9 Å². The molecule has 1 saturated heterocycles. The summed E-state index contributed by atoms with van der Waals surface area (Å²) in [7, 11) is 0. The van der Waals surface area contributed by atoms with E-state index in [1.165, 1.54) is 18.5 Å². The van der Waals surface area contributed by atoms with Crippen LogP contribution in [0.25, 0.3) is 0 Å². The maximum atomic E-state index is 9.03. The molecule has 0 aromatic heterocycles. The molecule has 18 heavy (non-hydrogen) atoms. The van der Waals surface area contributed by atoms with E-state index in [1.807, 2.05) is 18.2 Å². The number of rotatable bonds is 1. The van der Waals surface area contributed by atoms with Crippen molar-refractivity contribution < 1.29 is 0 Å². The molecule has 94 valence electrons. The van der Waals surface area contributed by atoms with Crippen molar-refractivity contribution in [3.8, 4) is 6.07 Å². The summed E-state index contributed by atoms with van der Waals surface area (Å²) < 4.78 is 0. The molecule has 0 saturated carbocycles. The van der Waals surface area contributed by atoms with Gasteiger partial charge in [0.15, 0.2) is 0 Å². The Kier molecular flexibility index (Phi) is 3.07. The largest absolute Gasteiger partial charge is 0.382 e. The Balaban J connectivity index is 1.92. The maximum Gasteiger partial charge on any atom is 0.0992 e. The summed E-state index contributed by atoms with van der Waals surface area (Å²) in [6, 6.07) is 8.71. The fraction of sp³-hybridized carbons (Fsp3) is 0.500. The molecule has 1 aromatic rings. The highest BCUT2D eigenvalue weighted by molar-refractivity contribution is 5.74. The first-order chi connectivity index (χ1) is 8.88. The van der Waals surface area contributed by atoms with Gasteiger partial charge in [0.2, 0.25) is 0 Å². The van der Waals surface area contributed by atoms with E-state index in [1.54, 1.807) is 0 Å². The minimum absolute atomic E-state index is 0.563. The van der Waals surface area contributed by atoms with Crippen molar-refractivity contribution in [2.24, 2.45) is 0 Å². The minimum Gasteiger partial charge on any atom is -0.382 e. The van der Waals surface area contributed by atoms with Crippen molar-refractivity contribution in [2.75, 3.05) is 36.4 Å². The van der Waals surface area contributed by atoms with Crippen LogP contribution >= 0.6 is 0 Å². The van der Waals surface area contributed by atoms with Gasteiger partial charge in [0, 0.05) is 25.7 Å². The zero-order valence-corrected chi connectivity index (χ0v) is 10.4. The lowest BCUT2D eigenvalue weighted by molar-refractivity contribution is 0.432. The summed E-state index contributed by atoms with van der Waals surface area (Å²) >= 11 is 0. The van der Waals surface area contributed by atoms with Gasteiger partial charge >= 0.3 is 0 Å². The molecule has 0 aliphatic carbocycles. The standard InChI is InChI=1S/C14H18N4/c15-9-11-3-4-13-14(8-11)18(7-6-17-13)12-2-1-5-16-10-12/h3-4,8,12,16-17H,1-2,5-7,10H2. The van der Waals surface area contributed by atoms with Gasteiger partial charge in [0.05, 0.1) is 23.0 Å². The number of nitrogens with zero attached hydrogens (tertiary/aromatic N) is 2. The van der Waals surface area contributed by atoms with Gasteiger partial charge in [0.25, 0.3) is 0 Å². The van der Waals surface area contributed by atoms with E-state index in [-0.39, 0.29) is 0 Å². The molecular weight excluding hydrogens is 224 g/mol. The van der Waals surface area contributed by atoms with Crippen molar-refractivity contribution in [3.05, 3.63) is 23.8 Å². The summed E-state index contributed by atoms with van der Waals surface area (Å²) in [6.07, 6.45) is 2.48. The van der Waals surface area contributed by atoms with Crippen LogP contribution in [0.15, 0.2) is 18.2 Å². The molecule has 4 heteroatoms. The topological polar surface area (TPSA) is 51.1 Å². The fourth-order valence-corrected chi connectivity index (χ4v) is 2.90. The van der Waals surface area contributed by atoms with Gasteiger partial charge in [-0.05, 0) is 37.6 Å². The minimum atomic E-state index is 0.563. The number of nitrogens with one attached hydrogen (secondary N) is 2. The zero-order chi connectivity index (χ0) is 12.4. The third-order valence-corrected chi connectivity index (χ3v) is 3.82. The van der Waals surface area contributed by atoms with E-state index in [0.717, 1.165) is 37.4 Å². The summed E-state index contributed by atoms with van der Waals surface area (Å²) in [4.78, 5) is 2.46. The number of nitriles is 1. The molecular formula is C14H18N4. The number of hydrogen-bond donors (Lipinski definition) is 2. The second-order valence-electron chi connectivity index (χ2n) is 4.96. The third-order valence-electron chi connectivity index (χ3n) is 3.82. The van der Waals surface area contributed by atoms with Crippen LogP contribution in [0, 0.1) is 11.3 Å². The van der Waals surface area contributed by atoms with Gasteiger partial charge in [-0.3, -0.25) is 0 Å². The van der Waals surface area contributed by atoms with Gasteiger partial charge in [-0.25, -0.2) is 0 Å².